The molecule has 0 radical (unpaired) electrons. The highest BCUT2D eigenvalue weighted by Crippen LogP contribution is 2.39. The number of hydrogen-bond donors (Lipinski definition) is 2. The third kappa shape index (κ3) is 9.66. The molecule has 2 aliphatic rings. The van der Waals surface area contributed by atoms with Crippen LogP contribution >= 0.6 is 23.1 Å². The smallest absolute Gasteiger partial charge is 0.413 e. The lowest BCUT2D eigenvalue weighted by molar-refractivity contribution is -0.154. The van der Waals surface area contributed by atoms with Crippen molar-refractivity contribution in [3.8, 4) is 0 Å². The minimum atomic E-state index is -0.990. The van der Waals surface area contributed by atoms with Gasteiger partial charge in [-0.25, -0.2) is 14.6 Å². The average Bonchev–Trinajstić information content (AvgIpc) is 3.71. The SMILES string of the molecule is O=C(C/C=C(/C(=O)N[C@@H]1C(=O)N2C(C(=O)OC(c3ccccc3)c3ccccc3)=CCS[C@H]12)c1csc(NC(=O)OCc2ccccc2)n1)OCc1ccccc1. The summed E-state index contributed by atoms with van der Waals surface area (Å²) in [6, 6.07) is 36.0. The van der Waals surface area contributed by atoms with E-state index in [-0.39, 0.29) is 41.7 Å². The van der Waals surface area contributed by atoms with Crippen LogP contribution in [0.15, 0.2) is 145 Å². The number of nitrogens with one attached hydrogen (secondary N) is 2. The monoisotopic (exact) mass is 800 g/mol. The van der Waals surface area contributed by atoms with Gasteiger partial charge in [0.05, 0.1) is 17.7 Å². The first-order valence-electron chi connectivity index (χ1n) is 17.9. The van der Waals surface area contributed by atoms with Crippen molar-refractivity contribution in [1.29, 1.82) is 0 Å². The fraction of sp³-hybridized carbons (Fsp3) is 0.163. The number of carbonyl (C=O) groups is 5. The summed E-state index contributed by atoms with van der Waals surface area (Å²) in [7, 11) is 0. The maximum absolute atomic E-state index is 14.0. The van der Waals surface area contributed by atoms with Crippen LogP contribution < -0.4 is 10.6 Å². The van der Waals surface area contributed by atoms with Gasteiger partial charge in [-0.05, 0) is 28.3 Å². The molecule has 1 fully saturated rings. The van der Waals surface area contributed by atoms with Crippen molar-refractivity contribution in [2.24, 2.45) is 0 Å². The van der Waals surface area contributed by atoms with E-state index in [0.717, 1.165) is 33.6 Å². The van der Waals surface area contributed by atoms with Crippen molar-refractivity contribution in [2.75, 3.05) is 11.1 Å². The molecule has 1 saturated heterocycles. The maximum Gasteiger partial charge on any atom is 0.413 e. The molecule has 12 nitrogen and oxygen atoms in total. The highest BCUT2D eigenvalue weighted by molar-refractivity contribution is 8.00. The van der Waals surface area contributed by atoms with Crippen LogP contribution in [0.3, 0.4) is 0 Å². The van der Waals surface area contributed by atoms with E-state index in [0.29, 0.717) is 5.75 Å². The van der Waals surface area contributed by atoms with Gasteiger partial charge in [-0.15, -0.1) is 23.1 Å². The van der Waals surface area contributed by atoms with Crippen molar-refractivity contribution in [2.45, 2.75) is 37.2 Å². The minimum Gasteiger partial charge on any atom is -0.461 e. The van der Waals surface area contributed by atoms with Gasteiger partial charge in [-0.2, -0.15) is 0 Å². The van der Waals surface area contributed by atoms with Gasteiger partial charge in [-0.1, -0.05) is 127 Å². The Labute approximate surface area is 336 Å². The second-order valence-corrected chi connectivity index (χ2v) is 14.8. The topological polar surface area (TPSA) is 153 Å². The molecule has 0 bridgehead atoms. The molecule has 4 aromatic carbocycles. The van der Waals surface area contributed by atoms with Crippen molar-refractivity contribution < 1.29 is 38.2 Å². The Morgan fingerprint density at radius 2 is 1.39 bits per heavy atom. The number of fused-ring (bicyclic) bond motifs is 1. The first-order valence-corrected chi connectivity index (χ1v) is 19.9. The van der Waals surface area contributed by atoms with Gasteiger partial charge in [0, 0.05) is 11.1 Å². The Morgan fingerprint density at radius 1 is 0.807 bits per heavy atom. The second-order valence-electron chi connectivity index (χ2n) is 12.8. The van der Waals surface area contributed by atoms with Crippen LogP contribution in [-0.4, -0.2) is 56.9 Å². The van der Waals surface area contributed by atoms with Crippen molar-refractivity contribution in [3.05, 3.63) is 173 Å². The van der Waals surface area contributed by atoms with Crippen LogP contribution in [0.1, 0.15) is 40.5 Å². The van der Waals surface area contributed by atoms with Crippen LogP contribution in [0.4, 0.5) is 9.93 Å². The number of benzene rings is 4. The van der Waals surface area contributed by atoms with Crippen molar-refractivity contribution in [1.82, 2.24) is 15.2 Å². The summed E-state index contributed by atoms with van der Waals surface area (Å²) in [6.45, 7) is 0.0936. The number of aromatic nitrogens is 1. The highest BCUT2D eigenvalue weighted by Gasteiger charge is 2.53. The zero-order chi connectivity index (χ0) is 39.6. The van der Waals surface area contributed by atoms with Crippen molar-refractivity contribution in [3.63, 3.8) is 0 Å². The van der Waals surface area contributed by atoms with Gasteiger partial charge >= 0.3 is 18.0 Å². The first kappa shape index (κ1) is 38.8. The largest absolute Gasteiger partial charge is 0.461 e. The number of hydrogen-bond acceptors (Lipinski definition) is 11. The van der Waals surface area contributed by atoms with Crippen LogP contribution in [0, 0.1) is 0 Å². The van der Waals surface area contributed by atoms with E-state index < -0.39 is 47.4 Å². The van der Waals surface area contributed by atoms with E-state index in [2.05, 4.69) is 15.6 Å². The molecule has 0 aliphatic carbocycles. The van der Waals surface area contributed by atoms with Gasteiger partial charge in [0.25, 0.3) is 11.8 Å². The Bertz CT molecular complexity index is 2250. The number of thioether (sulfide) groups is 1. The number of esters is 2. The normalized spacial score (nSPS) is 16.1. The Balaban J connectivity index is 1.04. The molecule has 3 heterocycles. The molecule has 3 amide bonds. The number of rotatable bonds is 14. The lowest BCUT2D eigenvalue weighted by Crippen LogP contribution is -2.70. The molecule has 14 heteroatoms. The van der Waals surface area contributed by atoms with E-state index in [4.69, 9.17) is 14.2 Å². The summed E-state index contributed by atoms with van der Waals surface area (Å²) in [5.41, 5.74) is 3.38. The Morgan fingerprint density at radius 3 is 2.00 bits per heavy atom. The molecule has 2 N–H and O–H groups in total. The van der Waals surface area contributed by atoms with Gasteiger partial charge < -0.3 is 19.5 Å². The van der Waals surface area contributed by atoms with Crippen molar-refractivity contribution >= 4 is 63.6 Å². The predicted octanol–water partition coefficient (Wildman–Crippen LogP) is 7.03. The molecule has 57 heavy (non-hydrogen) atoms. The zero-order valence-corrected chi connectivity index (χ0v) is 31.9. The van der Waals surface area contributed by atoms with Gasteiger partial charge in [-0.3, -0.25) is 24.6 Å². The number of amides is 3. The molecule has 2 atom stereocenters. The molecule has 5 aromatic rings. The lowest BCUT2D eigenvalue weighted by atomic mass is 10.0. The average molecular weight is 801 g/mol. The van der Waals surface area contributed by atoms with Crippen LogP contribution in [0.5, 0.6) is 0 Å². The van der Waals surface area contributed by atoms with E-state index >= 15 is 0 Å². The second kappa shape index (κ2) is 18.4. The van der Waals surface area contributed by atoms with Crippen LogP contribution in [0.25, 0.3) is 5.57 Å². The standard InChI is InChI=1S/C43H36N4O8S2/c48-35(53-25-28-13-5-1-6-14-28)22-21-32(33-27-57-42(44-33)46-43(52)54-26-29-15-7-2-8-16-29)38(49)45-36-39(50)47-34(23-24-56-40(36)47)41(51)55-37(30-17-9-3-10-18-30)31-19-11-4-12-20-31/h1-21,23,27,36-37,40H,22,24-26H2,(H,45,49)(H,44,46,52)/b32-21+/t36-,40-/m1/s1. The molecule has 0 saturated carbocycles. The summed E-state index contributed by atoms with van der Waals surface area (Å²) in [5, 5.41) is 6.46. The zero-order valence-electron chi connectivity index (χ0n) is 30.3. The fourth-order valence-electron chi connectivity index (χ4n) is 6.10. The molecular formula is C43H36N4O8S2. The molecular weight excluding hydrogens is 765 g/mol. The van der Waals surface area contributed by atoms with E-state index in [9.17, 15) is 24.0 Å². The molecule has 0 spiro atoms. The first-order chi connectivity index (χ1) is 27.8. The molecule has 1 aromatic heterocycles. The molecule has 0 unspecified atom stereocenters. The van der Waals surface area contributed by atoms with Crippen LogP contribution in [-0.2, 0) is 46.6 Å². The Kier molecular flexibility index (Phi) is 12.5. The number of carbonyl (C=O) groups excluding carboxylic acids is 5. The lowest BCUT2D eigenvalue weighted by Gasteiger charge is -2.48. The highest BCUT2D eigenvalue weighted by atomic mass is 32.2. The third-order valence-electron chi connectivity index (χ3n) is 8.93. The molecule has 2 aliphatic heterocycles. The van der Waals surface area contributed by atoms with E-state index in [1.807, 2.05) is 121 Å². The van der Waals surface area contributed by atoms with Gasteiger partial charge in [0.15, 0.2) is 11.2 Å². The van der Waals surface area contributed by atoms with Crippen LogP contribution in [0.2, 0.25) is 0 Å². The van der Waals surface area contributed by atoms with Gasteiger partial charge in [0.2, 0.25) is 0 Å². The number of β-lactam (4-membered cyclic amide) rings is 1. The van der Waals surface area contributed by atoms with E-state index in [1.54, 1.807) is 11.5 Å². The number of anilines is 1. The number of ether oxygens (including phenoxy) is 3. The fourth-order valence-corrected chi connectivity index (χ4v) is 7.99. The minimum absolute atomic E-state index is 0.00980. The number of thiazole rings is 1. The Hall–Kier alpha value is -6.51. The quantitative estimate of drug-likeness (QED) is 0.0519. The maximum atomic E-state index is 14.0. The van der Waals surface area contributed by atoms with E-state index in [1.165, 1.54) is 22.7 Å². The summed E-state index contributed by atoms with van der Waals surface area (Å²) < 4.78 is 16.8. The molecule has 288 valence electrons. The summed E-state index contributed by atoms with van der Waals surface area (Å²) in [4.78, 5) is 72.5. The summed E-state index contributed by atoms with van der Waals surface area (Å²) in [6.07, 6.45) is 1.29. The third-order valence-corrected chi connectivity index (χ3v) is 10.9. The van der Waals surface area contributed by atoms with Gasteiger partial charge in [0.1, 0.15) is 30.3 Å². The summed E-state index contributed by atoms with van der Waals surface area (Å²) >= 11 is 2.43. The molecule has 7 rings (SSSR count). The predicted molar refractivity (Wildman–Crippen MR) is 215 cm³/mol. The number of nitrogens with zero attached hydrogens (tertiary/aromatic N) is 2. The summed E-state index contributed by atoms with van der Waals surface area (Å²) in [5.74, 6) is -2.04.